The highest BCUT2D eigenvalue weighted by molar-refractivity contribution is 6.30. The van der Waals surface area contributed by atoms with Crippen LogP contribution >= 0.6 is 11.6 Å². The van der Waals surface area contributed by atoms with E-state index in [1.165, 1.54) is 12.4 Å². The average molecular weight is 274 g/mol. The van der Waals surface area contributed by atoms with Crippen molar-refractivity contribution < 1.29 is 9.63 Å². The summed E-state index contributed by atoms with van der Waals surface area (Å²) in [6.07, 6.45) is 2.86. The predicted octanol–water partition coefficient (Wildman–Crippen LogP) is 3.16. The van der Waals surface area contributed by atoms with Crippen LogP contribution in [0.2, 0.25) is 5.02 Å². The van der Waals surface area contributed by atoms with Crippen LogP contribution in [-0.2, 0) is 0 Å². The lowest BCUT2D eigenvalue weighted by atomic mass is 10.2. The van der Waals surface area contributed by atoms with Crippen molar-refractivity contribution in [1.82, 2.24) is 15.1 Å². The molecule has 0 unspecified atom stereocenters. The Morgan fingerprint density at radius 2 is 2.11 bits per heavy atom. The van der Waals surface area contributed by atoms with E-state index in [1.807, 2.05) is 6.07 Å². The molecule has 3 aromatic rings. The van der Waals surface area contributed by atoms with Crippen LogP contribution in [0.1, 0.15) is 0 Å². The molecule has 0 fully saturated rings. The van der Waals surface area contributed by atoms with Crippen molar-refractivity contribution >= 4 is 11.6 Å². The lowest BCUT2D eigenvalue weighted by molar-refractivity contribution is 0.425. The maximum absolute atomic E-state index is 9.68. The smallest absolute Gasteiger partial charge is 0.262 e. The number of nitrogens with zero attached hydrogens (tertiary/aromatic N) is 3. The van der Waals surface area contributed by atoms with Gasteiger partial charge in [0.2, 0.25) is 5.82 Å². The monoisotopic (exact) mass is 273 g/mol. The minimum absolute atomic E-state index is 0.0104. The zero-order valence-electron chi connectivity index (χ0n) is 9.62. The molecule has 0 radical (unpaired) electrons. The third-order valence-electron chi connectivity index (χ3n) is 2.54. The van der Waals surface area contributed by atoms with Crippen LogP contribution in [0.5, 0.6) is 5.75 Å². The molecule has 0 aliphatic heterocycles. The van der Waals surface area contributed by atoms with Gasteiger partial charge in [0.25, 0.3) is 5.89 Å². The van der Waals surface area contributed by atoms with Gasteiger partial charge in [0.15, 0.2) is 0 Å². The van der Waals surface area contributed by atoms with E-state index in [9.17, 15) is 5.11 Å². The summed E-state index contributed by atoms with van der Waals surface area (Å²) in [5.74, 6) is 0.632. The van der Waals surface area contributed by atoms with Crippen molar-refractivity contribution in [3.8, 4) is 28.6 Å². The van der Waals surface area contributed by atoms with E-state index in [-0.39, 0.29) is 11.6 Å². The minimum Gasteiger partial charge on any atom is -0.505 e. The summed E-state index contributed by atoms with van der Waals surface area (Å²) in [7, 11) is 0. The zero-order chi connectivity index (χ0) is 13.2. The third kappa shape index (κ3) is 2.28. The molecule has 0 spiro atoms. The molecule has 5 nitrogen and oxygen atoms in total. The second kappa shape index (κ2) is 4.70. The molecule has 0 saturated carbocycles. The molecule has 0 bridgehead atoms. The summed E-state index contributed by atoms with van der Waals surface area (Å²) in [6.45, 7) is 0. The molecule has 0 amide bonds. The van der Waals surface area contributed by atoms with Gasteiger partial charge >= 0.3 is 0 Å². The largest absolute Gasteiger partial charge is 0.505 e. The number of rotatable bonds is 2. The molecule has 3 rings (SSSR count). The van der Waals surface area contributed by atoms with Gasteiger partial charge < -0.3 is 9.63 Å². The van der Waals surface area contributed by atoms with Crippen LogP contribution in [0.4, 0.5) is 0 Å². The molecule has 0 aliphatic rings. The van der Waals surface area contributed by atoms with Gasteiger partial charge in [-0.15, -0.1) is 0 Å². The summed E-state index contributed by atoms with van der Waals surface area (Å²) in [5.41, 5.74) is 1.19. The van der Waals surface area contributed by atoms with E-state index in [2.05, 4.69) is 15.1 Å². The van der Waals surface area contributed by atoms with E-state index in [4.69, 9.17) is 16.1 Å². The van der Waals surface area contributed by atoms with Crippen molar-refractivity contribution in [2.75, 3.05) is 0 Å². The average Bonchev–Trinajstić information content (AvgIpc) is 2.89. The molecule has 0 saturated heterocycles. The van der Waals surface area contributed by atoms with Crippen LogP contribution in [0.3, 0.4) is 0 Å². The van der Waals surface area contributed by atoms with Gasteiger partial charge in [-0.25, -0.2) is 0 Å². The molecular formula is C13H8ClN3O2. The normalized spacial score (nSPS) is 10.6. The Kier molecular flexibility index (Phi) is 2.89. The van der Waals surface area contributed by atoms with E-state index >= 15 is 0 Å². The fourth-order valence-corrected chi connectivity index (χ4v) is 1.83. The van der Waals surface area contributed by atoms with Gasteiger partial charge in [-0.3, -0.25) is 4.98 Å². The number of benzene rings is 1. The maximum Gasteiger partial charge on any atom is 0.262 e. The van der Waals surface area contributed by atoms with Crippen LogP contribution in [0.15, 0.2) is 47.2 Å². The molecule has 94 valence electrons. The summed E-state index contributed by atoms with van der Waals surface area (Å²) < 4.78 is 5.13. The Bertz CT molecular complexity index is 727. The fraction of sp³-hybridized carbons (Fsp3) is 0. The Labute approximate surface area is 113 Å². The van der Waals surface area contributed by atoms with Gasteiger partial charge in [-0.2, -0.15) is 4.98 Å². The first kappa shape index (κ1) is 11.7. The van der Waals surface area contributed by atoms with Gasteiger partial charge in [0, 0.05) is 16.8 Å². The van der Waals surface area contributed by atoms with Gasteiger partial charge in [0.05, 0.1) is 11.8 Å². The Morgan fingerprint density at radius 3 is 2.89 bits per heavy atom. The number of pyridine rings is 1. The first-order valence-electron chi connectivity index (χ1n) is 5.47. The van der Waals surface area contributed by atoms with Crippen molar-refractivity contribution in [2.24, 2.45) is 0 Å². The van der Waals surface area contributed by atoms with Crippen LogP contribution < -0.4 is 0 Å². The van der Waals surface area contributed by atoms with E-state index in [0.29, 0.717) is 16.4 Å². The summed E-state index contributed by atoms with van der Waals surface area (Å²) >= 11 is 5.91. The Hall–Kier alpha value is -2.40. The van der Waals surface area contributed by atoms with Gasteiger partial charge in [0.1, 0.15) is 5.75 Å². The summed E-state index contributed by atoms with van der Waals surface area (Å²) in [6, 6.07) is 8.73. The van der Waals surface area contributed by atoms with Crippen molar-refractivity contribution in [2.45, 2.75) is 0 Å². The molecule has 6 heteroatoms. The van der Waals surface area contributed by atoms with E-state index in [1.54, 1.807) is 24.3 Å². The van der Waals surface area contributed by atoms with Crippen molar-refractivity contribution in [1.29, 1.82) is 0 Å². The Morgan fingerprint density at radius 1 is 1.21 bits per heavy atom. The lowest BCUT2D eigenvalue weighted by Crippen LogP contribution is -1.82. The SMILES string of the molecule is Oc1cnccc1-c1nc(-c2cccc(Cl)c2)no1. The van der Waals surface area contributed by atoms with E-state index < -0.39 is 0 Å². The first-order valence-corrected chi connectivity index (χ1v) is 5.85. The number of hydrogen-bond acceptors (Lipinski definition) is 5. The van der Waals surface area contributed by atoms with Crippen LogP contribution in [-0.4, -0.2) is 20.2 Å². The fourth-order valence-electron chi connectivity index (χ4n) is 1.64. The highest BCUT2D eigenvalue weighted by Crippen LogP contribution is 2.28. The standard InChI is InChI=1S/C13H8ClN3O2/c14-9-3-1-2-8(6-9)12-16-13(19-17-12)10-4-5-15-7-11(10)18/h1-7,18H. The summed E-state index contributed by atoms with van der Waals surface area (Å²) in [5, 5.41) is 14.1. The quantitative estimate of drug-likeness (QED) is 0.776. The molecule has 1 N–H and O–H groups in total. The Balaban J connectivity index is 2.03. The molecule has 0 aliphatic carbocycles. The molecule has 2 aromatic heterocycles. The topological polar surface area (TPSA) is 72.0 Å². The first-order chi connectivity index (χ1) is 9.24. The van der Waals surface area contributed by atoms with Crippen molar-refractivity contribution in [3.05, 3.63) is 47.7 Å². The highest BCUT2D eigenvalue weighted by Gasteiger charge is 2.13. The molecular weight excluding hydrogens is 266 g/mol. The van der Waals surface area contributed by atoms with Crippen LogP contribution in [0.25, 0.3) is 22.8 Å². The zero-order valence-corrected chi connectivity index (χ0v) is 10.4. The molecule has 19 heavy (non-hydrogen) atoms. The van der Waals surface area contributed by atoms with Gasteiger partial charge in [-0.1, -0.05) is 28.9 Å². The van der Waals surface area contributed by atoms with Crippen LogP contribution in [0, 0.1) is 0 Å². The third-order valence-corrected chi connectivity index (χ3v) is 2.77. The molecule has 1 aromatic carbocycles. The van der Waals surface area contributed by atoms with Crippen molar-refractivity contribution in [3.63, 3.8) is 0 Å². The number of hydrogen-bond donors (Lipinski definition) is 1. The number of aromatic nitrogens is 3. The second-order valence-electron chi connectivity index (χ2n) is 3.83. The molecule has 0 atom stereocenters. The van der Waals surface area contributed by atoms with Gasteiger partial charge in [-0.05, 0) is 18.2 Å². The predicted molar refractivity (Wildman–Crippen MR) is 69.6 cm³/mol. The minimum atomic E-state index is -0.0104. The maximum atomic E-state index is 9.68. The number of halogens is 1. The lowest BCUT2D eigenvalue weighted by Gasteiger charge is -1.96. The van der Waals surface area contributed by atoms with E-state index in [0.717, 1.165) is 5.56 Å². The number of aromatic hydroxyl groups is 1. The molecule has 2 heterocycles. The highest BCUT2D eigenvalue weighted by atomic mass is 35.5. The second-order valence-corrected chi connectivity index (χ2v) is 4.26. The summed E-state index contributed by atoms with van der Waals surface area (Å²) in [4.78, 5) is 8.02.